The summed E-state index contributed by atoms with van der Waals surface area (Å²) < 4.78 is 0. The molecule has 0 unspecified atom stereocenters. The summed E-state index contributed by atoms with van der Waals surface area (Å²) in [6, 6.07) is 18.7. The van der Waals surface area contributed by atoms with E-state index < -0.39 is 23.8 Å². The number of hydrogen-bond acceptors (Lipinski definition) is 5. The largest absolute Gasteiger partial charge is 0.332 e. The van der Waals surface area contributed by atoms with Gasteiger partial charge in [0.2, 0.25) is 11.8 Å². The molecule has 7 nitrogen and oxygen atoms in total. The average Bonchev–Trinajstić information content (AvgIpc) is 3.17. The quantitative estimate of drug-likeness (QED) is 0.833. The number of anilines is 1. The van der Waals surface area contributed by atoms with Crippen molar-refractivity contribution in [2.24, 2.45) is 5.92 Å². The van der Waals surface area contributed by atoms with Crippen molar-refractivity contribution in [3.05, 3.63) is 78.0 Å². The molecule has 2 aromatic rings. The molecule has 1 fully saturated rings. The van der Waals surface area contributed by atoms with Crippen LogP contribution in [0.4, 0.5) is 10.5 Å². The summed E-state index contributed by atoms with van der Waals surface area (Å²) in [5.41, 5.74) is 5.62. The molecule has 4 amide bonds. The summed E-state index contributed by atoms with van der Waals surface area (Å²) in [4.78, 5) is 39.5. The standard InChI is InChI=1S/C21H20N4O3/c1-23-19(26)18(20(27)24(2)21(23)28)16-13-17(14-9-5-3-6-10-14)25(22-16)15-11-7-4-8-12-15/h3-13,17-18,22H,1-2H3/t17-/m1/s1. The minimum absolute atomic E-state index is 0.201. The number of carbonyl (C=O) groups is 3. The molecular weight excluding hydrogens is 356 g/mol. The number of carbonyl (C=O) groups excluding carboxylic acids is 3. The van der Waals surface area contributed by atoms with E-state index in [0.29, 0.717) is 5.70 Å². The first kappa shape index (κ1) is 17.8. The number of imide groups is 2. The van der Waals surface area contributed by atoms with Gasteiger partial charge in [-0.2, -0.15) is 0 Å². The van der Waals surface area contributed by atoms with Crippen LogP contribution >= 0.6 is 0 Å². The lowest BCUT2D eigenvalue weighted by Gasteiger charge is -2.34. The zero-order valence-corrected chi connectivity index (χ0v) is 15.6. The maximum absolute atomic E-state index is 12.7. The van der Waals surface area contributed by atoms with Gasteiger partial charge in [0.1, 0.15) is 0 Å². The molecule has 142 valence electrons. The third kappa shape index (κ3) is 2.81. The molecule has 1 saturated heterocycles. The molecule has 4 rings (SSSR count). The fraction of sp³-hybridized carbons (Fsp3) is 0.190. The van der Waals surface area contributed by atoms with E-state index in [-0.39, 0.29) is 6.04 Å². The van der Waals surface area contributed by atoms with Crippen molar-refractivity contribution in [1.29, 1.82) is 0 Å². The van der Waals surface area contributed by atoms with Crippen LogP contribution in [0.2, 0.25) is 0 Å². The summed E-state index contributed by atoms with van der Waals surface area (Å²) >= 11 is 0. The molecule has 1 N–H and O–H groups in total. The fourth-order valence-corrected chi connectivity index (χ4v) is 3.53. The molecule has 1 atom stereocenters. The van der Waals surface area contributed by atoms with Crippen LogP contribution in [-0.2, 0) is 9.59 Å². The predicted octanol–water partition coefficient (Wildman–Crippen LogP) is 2.30. The van der Waals surface area contributed by atoms with E-state index in [4.69, 9.17) is 0 Å². The third-order valence-electron chi connectivity index (χ3n) is 5.08. The molecule has 2 aromatic carbocycles. The topological polar surface area (TPSA) is 73.0 Å². The summed E-state index contributed by atoms with van der Waals surface area (Å²) in [7, 11) is 2.78. The zero-order valence-electron chi connectivity index (χ0n) is 15.6. The Balaban J connectivity index is 1.75. The Hall–Kier alpha value is -3.61. The summed E-state index contributed by atoms with van der Waals surface area (Å²) in [5, 5.41) is 1.92. The number of benzene rings is 2. The molecule has 7 heteroatoms. The first-order chi connectivity index (χ1) is 13.5. The monoisotopic (exact) mass is 376 g/mol. The molecule has 0 radical (unpaired) electrons. The van der Waals surface area contributed by atoms with E-state index in [1.807, 2.05) is 71.7 Å². The fourth-order valence-electron chi connectivity index (χ4n) is 3.53. The highest BCUT2D eigenvalue weighted by Gasteiger charge is 2.46. The molecule has 0 bridgehead atoms. The van der Waals surface area contributed by atoms with Gasteiger partial charge in [-0.25, -0.2) is 4.79 Å². The molecule has 2 heterocycles. The molecule has 2 aliphatic heterocycles. The van der Waals surface area contributed by atoms with Crippen LogP contribution in [0.3, 0.4) is 0 Å². The van der Waals surface area contributed by atoms with E-state index in [1.54, 1.807) is 0 Å². The van der Waals surface area contributed by atoms with Gasteiger partial charge in [-0.15, -0.1) is 0 Å². The smallest absolute Gasteiger partial charge is 0.301 e. The van der Waals surface area contributed by atoms with Gasteiger partial charge in [-0.05, 0) is 23.8 Å². The van der Waals surface area contributed by atoms with E-state index in [0.717, 1.165) is 21.1 Å². The van der Waals surface area contributed by atoms with Gasteiger partial charge in [0.05, 0.1) is 17.4 Å². The Morgan fingerprint density at radius 2 is 1.32 bits per heavy atom. The van der Waals surface area contributed by atoms with Crippen molar-refractivity contribution in [2.75, 3.05) is 19.1 Å². The second-order valence-corrected chi connectivity index (χ2v) is 6.80. The maximum atomic E-state index is 12.7. The second kappa shape index (κ2) is 6.84. The van der Waals surface area contributed by atoms with Crippen LogP contribution in [0.1, 0.15) is 11.6 Å². The van der Waals surface area contributed by atoms with E-state index in [1.165, 1.54) is 14.1 Å². The lowest BCUT2D eigenvalue weighted by Crippen LogP contribution is -2.58. The first-order valence-corrected chi connectivity index (χ1v) is 8.95. The Kier molecular flexibility index (Phi) is 4.35. The van der Waals surface area contributed by atoms with Gasteiger partial charge in [0.15, 0.2) is 5.92 Å². The molecule has 0 aromatic heterocycles. The van der Waals surface area contributed by atoms with Crippen LogP contribution in [0.15, 0.2) is 72.4 Å². The number of nitrogens with zero attached hydrogens (tertiary/aromatic N) is 3. The average molecular weight is 376 g/mol. The highest BCUT2D eigenvalue weighted by molar-refractivity contribution is 6.17. The summed E-state index contributed by atoms with van der Waals surface area (Å²) in [6.07, 6.45) is 1.88. The number of barbiturate groups is 1. The third-order valence-corrected chi connectivity index (χ3v) is 5.08. The highest BCUT2D eigenvalue weighted by atomic mass is 16.2. The number of nitrogens with one attached hydrogen (secondary N) is 1. The van der Waals surface area contributed by atoms with Gasteiger partial charge in [-0.1, -0.05) is 48.5 Å². The van der Waals surface area contributed by atoms with Crippen LogP contribution in [0.25, 0.3) is 0 Å². The molecule has 28 heavy (non-hydrogen) atoms. The SMILES string of the molecule is CN1C(=O)C(C2=C[C@H](c3ccccc3)N(c3ccccc3)N2)C(=O)N(C)C1=O. The Morgan fingerprint density at radius 3 is 1.89 bits per heavy atom. The summed E-state index contributed by atoms with van der Waals surface area (Å²) in [6.45, 7) is 0. The number of urea groups is 1. The van der Waals surface area contributed by atoms with E-state index >= 15 is 0 Å². The van der Waals surface area contributed by atoms with Crippen molar-refractivity contribution < 1.29 is 14.4 Å². The van der Waals surface area contributed by atoms with Crippen molar-refractivity contribution in [2.45, 2.75) is 6.04 Å². The predicted molar refractivity (Wildman–Crippen MR) is 104 cm³/mol. The number of rotatable bonds is 3. The number of hydrazine groups is 1. The Morgan fingerprint density at radius 1 is 0.786 bits per heavy atom. The number of hydrogen-bond donors (Lipinski definition) is 1. The molecule has 0 saturated carbocycles. The molecular formula is C21H20N4O3. The lowest BCUT2D eigenvalue weighted by atomic mass is 9.98. The van der Waals surface area contributed by atoms with Crippen molar-refractivity contribution >= 4 is 23.5 Å². The van der Waals surface area contributed by atoms with Gasteiger partial charge in [0, 0.05) is 14.1 Å². The number of amides is 4. The second-order valence-electron chi connectivity index (χ2n) is 6.80. The zero-order chi connectivity index (χ0) is 19.8. The number of para-hydroxylation sites is 1. The van der Waals surface area contributed by atoms with Crippen LogP contribution in [0.5, 0.6) is 0 Å². The maximum Gasteiger partial charge on any atom is 0.332 e. The van der Waals surface area contributed by atoms with Crippen molar-refractivity contribution in [1.82, 2.24) is 15.2 Å². The minimum Gasteiger partial charge on any atom is -0.301 e. The van der Waals surface area contributed by atoms with E-state index in [2.05, 4.69) is 5.43 Å². The van der Waals surface area contributed by atoms with Crippen LogP contribution in [0, 0.1) is 5.92 Å². The molecule has 2 aliphatic rings. The first-order valence-electron chi connectivity index (χ1n) is 8.95. The molecule has 0 spiro atoms. The van der Waals surface area contributed by atoms with Gasteiger partial charge < -0.3 is 5.43 Å². The Bertz CT molecular complexity index is 934. The lowest BCUT2D eigenvalue weighted by molar-refractivity contribution is -0.145. The van der Waals surface area contributed by atoms with Crippen molar-refractivity contribution in [3.8, 4) is 0 Å². The highest BCUT2D eigenvalue weighted by Crippen LogP contribution is 2.35. The minimum atomic E-state index is -1.08. The summed E-state index contributed by atoms with van der Waals surface area (Å²) in [5.74, 6) is -2.14. The van der Waals surface area contributed by atoms with Crippen molar-refractivity contribution in [3.63, 3.8) is 0 Å². The van der Waals surface area contributed by atoms with Crippen LogP contribution in [-0.4, -0.2) is 41.7 Å². The molecule has 0 aliphatic carbocycles. The van der Waals surface area contributed by atoms with Gasteiger partial charge in [0.25, 0.3) is 0 Å². The normalized spacial score (nSPS) is 20.5. The van der Waals surface area contributed by atoms with E-state index in [9.17, 15) is 14.4 Å². The van der Waals surface area contributed by atoms with Crippen LogP contribution < -0.4 is 10.4 Å². The van der Waals surface area contributed by atoms with Gasteiger partial charge in [-0.3, -0.25) is 24.4 Å². The van der Waals surface area contributed by atoms with Gasteiger partial charge >= 0.3 is 6.03 Å². The Labute approximate surface area is 162 Å².